The molecule has 5 rings (SSSR count). The summed E-state index contributed by atoms with van der Waals surface area (Å²) in [4.78, 5) is 31.9. The number of amides is 1. The van der Waals surface area contributed by atoms with Crippen molar-refractivity contribution >= 4 is 40.0 Å². The monoisotopic (exact) mass is 539 g/mol. The van der Waals surface area contributed by atoms with Crippen molar-refractivity contribution in [3.8, 4) is 11.4 Å². The topological polar surface area (TPSA) is 89.6 Å². The molecule has 0 unspecified atom stereocenters. The Labute approximate surface area is 229 Å². The summed E-state index contributed by atoms with van der Waals surface area (Å²) in [6.45, 7) is 10.0. The van der Waals surface area contributed by atoms with Gasteiger partial charge in [0.05, 0.1) is 23.5 Å². The highest BCUT2D eigenvalue weighted by Gasteiger charge is 2.25. The van der Waals surface area contributed by atoms with Gasteiger partial charge < -0.3 is 29.7 Å². The normalized spacial score (nSPS) is 17.7. The molecule has 2 aliphatic rings. The van der Waals surface area contributed by atoms with Gasteiger partial charge in [-0.1, -0.05) is 11.6 Å². The van der Waals surface area contributed by atoms with Gasteiger partial charge in [0.2, 0.25) is 5.91 Å². The minimum absolute atomic E-state index is 0.159. The van der Waals surface area contributed by atoms with Crippen LogP contribution >= 0.6 is 11.6 Å². The maximum absolute atomic E-state index is 12.6. The highest BCUT2D eigenvalue weighted by molar-refractivity contribution is 6.34. The predicted octanol–water partition coefficient (Wildman–Crippen LogP) is 4.25. The molecule has 0 bridgehead atoms. The Morgan fingerprint density at radius 2 is 1.92 bits per heavy atom. The van der Waals surface area contributed by atoms with E-state index in [1.807, 2.05) is 17.0 Å². The summed E-state index contributed by atoms with van der Waals surface area (Å²) in [7, 11) is 1.69. The molecular weight excluding hydrogens is 502 g/mol. The number of nitrogens with zero attached hydrogens (tertiary/aromatic N) is 5. The van der Waals surface area contributed by atoms with E-state index in [4.69, 9.17) is 21.3 Å². The summed E-state index contributed by atoms with van der Waals surface area (Å²) in [5.74, 6) is 0.907. The van der Waals surface area contributed by atoms with Crippen LogP contribution in [0.1, 0.15) is 33.1 Å². The van der Waals surface area contributed by atoms with Crippen molar-refractivity contribution in [2.24, 2.45) is 0 Å². The minimum Gasteiger partial charge on any atom is -0.385 e. The van der Waals surface area contributed by atoms with Crippen LogP contribution in [0.3, 0.4) is 0 Å². The predicted molar refractivity (Wildman–Crippen MR) is 153 cm³/mol. The standard InChI is InChI=1S/C28H38ClN7O2/c1-19(2)34-12-9-21(10-13-34)31-25-23(29)17-30-28-26(25)32-27(33-28)20-5-7-22(8-6-20)36-15-14-35(24(37)18-36)11-4-16-38-3/h5-8,17,19,21H,4,9-16,18H2,1-3H3,(H2,30,31,32,33). The Morgan fingerprint density at radius 3 is 2.61 bits per heavy atom. The van der Waals surface area contributed by atoms with E-state index in [-0.39, 0.29) is 5.91 Å². The van der Waals surface area contributed by atoms with Gasteiger partial charge in [0.1, 0.15) is 11.3 Å². The molecule has 0 saturated carbocycles. The van der Waals surface area contributed by atoms with Crippen LogP contribution in [-0.2, 0) is 9.53 Å². The fourth-order valence-electron chi connectivity index (χ4n) is 5.36. The van der Waals surface area contributed by atoms with Crippen LogP contribution in [0, 0.1) is 0 Å². The zero-order chi connectivity index (χ0) is 26.6. The highest BCUT2D eigenvalue weighted by atomic mass is 35.5. The summed E-state index contributed by atoms with van der Waals surface area (Å²) < 4.78 is 5.11. The Balaban J connectivity index is 1.27. The lowest BCUT2D eigenvalue weighted by Crippen LogP contribution is -2.50. The minimum atomic E-state index is 0.159. The Bertz CT molecular complexity index is 1240. The number of carbonyl (C=O) groups is 1. The van der Waals surface area contributed by atoms with Crippen LogP contribution in [-0.4, -0.2) is 95.7 Å². The van der Waals surface area contributed by atoms with E-state index < -0.39 is 0 Å². The third-order valence-electron chi connectivity index (χ3n) is 7.68. The lowest BCUT2D eigenvalue weighted by atomic mass is 10.0. The highest BCUT2D eigenvalue weighted by Crippen LogP contribution is 2.33. The third kappa shape index (κ3) is 5.90. The first kappa shape index (κ1) is 26.7. The first-order valence-corrected chi connectivity index (χ1v) is 14.0. The van der Waals surface area contributed by atoms with Crippen LogP contribution in [0.4, 0.5) is 11.4 Å². The van der Waals surface area contributed by atoms with Gasteiger partial charge in [0.15, 0.2) is 5.65 Å². The second kappa shape index (κ2) is 11.9. The molecule has 4 heterocycles. The number of aromatic amines is 1. The van der Waals surface area contributed by atoms with Crippen molar-refractivity contribution in [3.63, 3.8) is 0 Å². The number of anilines is 2. The number of halogens is 1. The van der Waals surface area contributed by atoms with Gasteiger partial charge >= 0.3 is 0 Å². The molecule has 0 spiro atoms. The van der Waals surface area contributed by atoms with E-state index in [2.05, 4.69) is 51.1 Å². The number of carbonyl (C=O) groups excluding carboxylic acids is 1. The number of rotatable bonds is 9. The van der Waals surface area contributed by atoms with Gasteiger partial charge in [0, 0.05) is 69.8 Å². The molecule has 1 amide bonds. The van der Waals surface area contributed by atoms with Crippen molar-refractivity contribution in [1.29, 1.82) is 0 Å². The Morgan fingerprint density at radius 1 is 1.16 bits per heavy atom. The largest absolute Gasteiger partial charge is 0.385 e. The summed E-state index contributed by atoms with van der Waals surface area (Å²) in [5, 5.41) is 4.25. The molecule has 10 heteroatoms. The number of hydrogen-bond donors (Lipinski definition) is 2. The lowest BCUT2D eigenvalue weighted by molar-refractivity contribution is -0.131. The van der Waals surface area contributed by atoms with Crippen LogP contribution in [0.2, 0.25) is 5.02 Å². The maximum Gasteiger partial charge on any atom is 0.242 e. The number of methoxy groups -OCH3 is 1. The average Bonchev–Trinajstić information content (AvgIpc) is 3.36. The fraction of sp³-hybridized carbons (Fsp3) is 0.536. The number of H-pyrrole nitrogens is 1. The number of hydrogen-bond acceptors (Lipinski definition) is 7. The first-order chi connectivity index (χ1) is 18.4. The molecule has 9 nitrogen and oxygen atoms in total. The van der Waals surface area contributed by atoms with E-state index in [0.717, 1.165) is 80.3 Å². The van der Waals surface area contributed by atoms with Crippen molar-refractivity contribution < 1.29 is 9.53 Å². The third-order valence-corrected chi connectivity index (χ3v) is 7.96. The molecule has 0 atom stereocenters. The number of aromatic nitrogens is 3. The number of piperidine rings is 1. The van der Waals surface area contributed by atoms with E-state index in [0.29, 0.717) is 35.9 Å². The van der Waals surface area contributed by atoms with Crippen molar-refractivity contribution in [2.75, 3.05) is 63.2 Å². The number of likely N-dealkylation sites (tertiary alicyclic amines) is 1. The second-order valence-electron chi connectivity index (χ2n) is 10.5. The summed E-state index contributed by atoms with van der Waals surface area (Å²) in [6, 6.07) is 9.12. The summed E-state index contributed by atoms with van der Waals surface area (Å²) in [5.41, 5.74) is 4.32. The molecule has 2 saturated heterocycles. The quantitative estimate of drug-likeness (QED) is 0.393. The first-order valence-electron chi connectivity index (χ1n) is 13.6. The Kier molecular flexibility index (Phi) is 8.35. The number of fused-ring (bicyclic) bond motifs is 1. The number of ether oxygens (including phenoxy) is 1. The van der Waals surface area contributed by atoms with Crippen LogP contribution in [0.25, 0.3) is 22.6 Å². The van der Waals surface area contributed by atoms with Crippen molar-refractivity contribution in [1.82, 2.24) is 24.8 Å². The number of pyridine rings is 1. The summed E-state index contributed by atoms with van der Waals surface area (Å²) >= 11 is 6.59. The van der Waals surface area contributed by atoms with E-state index in [9.17, 15) is 4.79 Å². The van der Waals surface area contributed by atoms with Gasteiger partial charge in [-0.3, -0.25) is 4.79 Å². The lowest BCUT2D eigenvalue weighted by Gasteiger charge is -2.35. The molecule has 2 N–H and O–H groups in total. The molecule has 0 radical (unpaired) electrons. The second-order valence-corrected chi connectivity index (χ2v) is 10.9. The van der Waals surface area contributed by atoms with E-state index >= 15 is 0 Å². The molecule has 1 aromatic carbocycles. The van der Waals surface area contributed by atoms with Gasteiger partial charge in [-0.25, -0.2) is 9.97 Å². The zero-order valence-electron chi connectivity index (χ0n) is 22.5. The van der Waals surface area contributed by atoms with E-state index in [1.165, 1.54) is 0 Å². The molecule has 2 aliphatic heterocycles. The SMILES string of the molecule is COCCCN1CCN(c2ccc(-c3nc4c(NC5CCN(C(C)C)CC5)c(Cl)cnc4[nH]3)cc2)CC1=O. The van der Waals surface area contributed by atoms with Gasteiger partial charge in [0.25, 0.3) is 0 Å². The number of benzene rings is 1. The number of nitrogens with one attached hydrogen (secondary N) is 2. The molecule has 0 aliphatic carbocycles. The van der Waals surface area contributed by atoms with Crippen LogP contribution in [0.5, 0.6) is 0 Å². The Hall–Kier alpha value is -2.88. The molecular formula is C28H38ClN7O2. The van der Waals surface area contributed by atoms with Crippen LogP contribution < -0.4 is 10.2 Å². The maximum atomic E-state index is 12.6. The van der Waals surface area contributed by atoms with Crippen LogP contribution in [0.15, 0.2) is 30.5 Å². The zero-order valence-corrected chi connectivity index (χ0v) is 23.3. The molecule has 204 valence electrons. The van der Waals surface area contributed by atoms with Gasteiger partial charge in [-0.15, -0.1) is 0 Å². The number of piperazine rings is 1. The fourth-order valence-corrected chi connectivity index (χ4v) is 5.56. The molecule has 2 aromatic heterocycles. The summed E-state index contributed by atoms with van der Waals surface area (Å²) in [6.07, 6.45) is 4.69. The van der Waals surface area contributed by atoms with Crippen molar-refractivity contribution in [2.45, 2.75) is 45.2 Å². The van der Waals surface area contributed by atoms with Gasteiger partial charge in [-0.05, 0) is 57.4 Å². The molecule has 3 aromatic rings. The number of imidazole rings is 1. The molecule has 38 heavy (non-hydrogen) atoms. The average molecular weight is 540 g/mol. The van der Waals surface area contributed by atoms with E-state index in [1.54, 1.807) is 13.3 Å². The smallest absolute Gasteiger partial charge is 0.242 e. The van der Waals surface area contributed by atoms with Crippen molar-refractivity contribution in [3.05, 3.63) is 35.5 Å². The molecule has 2 fully saturated rings. The van der Waals surface area contributed by atoms with Gasteiger partial charge in [-0.2, -0.15) is 0 Å².